The number of hydrogen-bond donors (Lipinski definition) is 2. The normalized spacial score (nSPS) is 11.5. The highest BCUT2D eigenvalue weighted by Crippen LogP contribution is 2.06. The lowest BCUT2D eigenvalue weighted by atomic mass is 10.1. The van der Waals surface area contributed by atoms with E-state index in [1.165, 1.54) is 0 Å². The molecule has 1 atom stereocenters. The lowest BCUT2D eigenvalue weighted by molar-refractivity contribution is 0.117. The van der Waals surface area contributed by atoms with E-state index in [9.17, 15) is 0 Å². The Balaban J connectivity index is 0. The largest absolute Gasteiger partial charge is 0.400 e. The second-order valence-corrected chi connectivity index (χ2v) is 2.44. The third-order valence-corrected chi connectivity index (χ3v) is 1.30. The lowest BCUT2D eigenvalue weighted by Gasteiger charge is -2.16. The fourth-order valence-electron chi connectivity index (χ4n) is 0.790. The van der Waals surface area contributed by atoms with Gasteiger partial charge in [-0.05, 0) is 12.6 Å². The molecule has 0 fully saturated rings. The Hall–Kier alpha value is -0.740. The highest BCUT2D eigenvalue weighted by Gasteiger charge is 2.15. The van der Waals surface area contributed by atoms with Crippen LogP contribution in [0.3, 0.4) is 0 Å². The molecule has 0 amide bonds. The molecule has 0 aliphatic heterocycles. The minimum atomic E-state index is -0.211. The Morgan fingerprint density at radius 1 is 1.50 bits per heavy atom. The number of aliphatic hydroxyl groups excluding tert-OH is 1. The van der Waals surface area contributed by atoms with Gasteiger partial charge in [0.2, 0.25) is 0 Å². The van der Waals surface area contributed by atoms with Crippen LogP contribution in [0.4, 0.5) is 0 Å². The zero-order valence-corrected chi connectivity index (χ0v) is 8.16. The molecule has 2 N–H and O–H groups in total. The third-order valence-electron chi connectivity index (χ3n) is 1.30. The van der Waals surface area contributed by atoms with Gasteiger partial charge in [0.05, 0.1) is 0 Å². The Morgan fingerprint density at radius 3 is 2.00 bits per heavy atom. The Bertz CT molecular complexity index is 135. The molecule has 1 unspecified atom stereocenters. The van der Waals surface area contributed by atoms with Gasteiger partial charge in [-0.25, -0.2) is 4.99 Å². The van der Waals surface area contributed by atoms with Crippen LogP contribution in [0, 0.1) is 11.3 Å². The van der Waals surface area contributed by atoms with Crippen LogP contribution in [0.15, 0.2) is 4.99 Å². The molecule has 12 heavy (non-hydrogen) atoms. The first kappa shape index (κ1) is 13.8. The van der Waals surface area contributed by atoms with Crippen LogP contribution in [0.1, 0.15) is 13.8 Å². The molecule has 0 bridgehead atoms. The number of ether oxygens (including phenoxy) is 1. The van der Waals surface area contributed by atoms with Crippen molar-refractivity contribution >= 4 is 12.6 Å². The summed E-state index contributed by atoms with van der Waals surface area (Å²) < 4.78 is 5.01. The second kappa shape index (κ2) is 8.36. The lowest BCUT2D eigenvalue weighted by Crippen LogP contribution is -2.26. The first-order valence-electron chi connectivity index (χ1n) is 3.66. The summed E-state index contributed by atoms with van der Waals surface area (Å²) in [5.74, 6) is 0.487. The number of nitrogens with zero attached hydrogens (tertiary/aromatic N) is 1. The summed E-state index contributed by atoms with van der Waals surface area (Å²) in [6.07, 6.45) is -0.211. The van der Waals surface area contributed by atoms with Crippen molar-refractivity contribution in [3.8, 4) is 0 Å². The van der Waals surface area contributed by atoms with E-state index in [1.807, 2.05) is 13.8 Å². The molecule has 72 valence electrons. The molecule has 0 saturated heterocycles. The van der Waals surface area contributed by atoms with Crippen LogP contribution in [-0.2, 0) is 4.74 Å². The van der Waals surface area contributed by atoms with Crippen LogP contribution in [0.2, 0.25) is 0 Å². The summed E-state index contributed by atoms with van der Waals surface area (Å²) >= 11 is 0. The summed E-state index contributed by atoms with van der Waals surface area (Å²) in [5.41, 5.74) is 0. The van der Waals surface area contributed by atoms with Crippen molar-refractivity contribution in [2.45, 2.75) is 20.0 Å². The molecular formula is C8H18N2O2. The summed E-state index contributed by atoms with van der Waals surface area (Å²) in [6, 6.07) is 0. The van der Waals surface area contributed by atoms with Crippen molar-refractivity contribution in [3.05, 3.63) is 0 Å². The highest BCUT2D eigenvalue weighted by molar-refractivity contribution is 5.87. The highest BCUT2D eigenvalue weighted by atomic mass is 16.5. The third kappa shape index (κ3) is 4.98. The van der Waals surface area contributed by atoms with E-state index in [1.54, 1.807) is 7.11 Å². The summed E-state index contributed by atoms with van der Waals surface area (Å²) in [5, 5.41) is 14.3. The van der Waals surface area contributed by atoms with Gasteiger partial charge in [-0.1, -0.05) is 13.8 Å². The van der Waals surface area contributed by atoms with Crippen molar-refractivity contribution in [1.82, 2.24) is 0 Å². The molecule has 0 radical (unpaired) electrons. The van der Waals surface area contributed by atoms with Crippen LogP contribution < -0.4 is 0 Å². The molecule has 0 aromatic heterocycles. The van der Waals surface area contributed by atoms with Crippen molar-refractivity contribution in [2.24, 2.45) is 10.9 Å². The van der Waals surface area contributed by atoms with Gasteiger partial charge in [-0.2, -0.15) is 0 Å². The minimum absolute atomic E-state index is 0.206. The zero-order chi connectivity index (χ0) is 10.1. The molecule has 0 spiro atoms. The number of rotatable bonds is 3. The van der Waals surface area contributed by atoms with E-state index in [0.717, 1.165) is 7.11 Å². The topological polar surface area (TPSA) is 65.7 Å². The first-order chi connectivity index (χ1) is 5.63. The van der Waals surface area contributed by atoms with Crippen LogP contribution in [0.5, 0.6) is 0 Å². The van der Waals surface area contributed by atoms with Crippen LogP contribution in [-0.4, -0.2) is 38.0 Å². The molecule has 0 aromatic rings. The van der Waals surface area contributed by atoms with Crippen molar-refractivity contribution < 1.29 is 9.84 Å². The zero-order valence-electron chi connectivity index (χ0n) is 8.16. The molecule has 0 saturated carbocycles. The van der Waals surface area contributed by atoms with Crippen molar-refractivity contribution in [2.75, 3.05) is 14.2 Å². The molecule has 0 aliphatic rings. The first-order valence-corrected chi connectivity index (χ1v) is 3.66. The van der Waals surface area contributed by atoms with Crippen molar-refractivity contribution in [3.63, 3.8) is 0 Å². The number of hydrogen-bond acceptors (Lipinski definition) is 3. The van der Waals surface area contributed by atoms with E-state index in [0.29, 0.717) is 0 Å². The number of aliphatic imine (C=N–C) groups is 1. The Kier molecular flexibility index (Phi) is 9.63. The smallest absolute Gasteiger partial charge is 0.149 e. The van der Waals surface area contributed by atoms with Gasteiger partial charge in [0, 0.05) is 14.2 Å². The maximum atomic E-state index is 7.27. The number of aliphatic hydroxyl groups is 1. The number of amidine groups is 1. The Morgan fingerprint density at radius 2 is 1.92 bits per heavy atom. The number of methoxy groups -OCH3 is 1. The van der Waals surface area contributed by atoms with Crippen LogP contribution >= 0.6 is 0 Å². The fourth-order valence-corrected chi connectivity index (χ4v) is 0.790. The average molecular weight is 174 g/mol. The van der Waals surface area contributed by atoms with Crippen LogP contribution in [0.25, 0.3) is 0 Å². The van der Waals surface area contributed by atoms with E-state index >= 15 is 0 Å². The van der Waals surface area contributed by atoms with E-state index in [2.05, 4.69) is 11.7 Å². The van der Waals surface area contributed by atoms with Gasteiger partial charge >= 0.3 is 0 Å². The Labute approximate surface area is 73.8 Å². The van der Waals surface area contributed by atoms with E-state index in [-0.39, 0.29) is 17.9 Å². The fraction of sp³-hybridized carbons (Fsp3) is 0.750. The molecule has 0 aliphatic carbocycles. The van der Waals surface area contributed by atoms with Gasteiger partial charge in [0.15, 0.2) is 0 Å². The number of nitrogens with one attached hydrogen (secondary N) is 1. The monoisotopic (exact) mass is 174 g/mol. The molecule has 0 heterocycles. The summed E-state index contributed by atoms with van der Waals surface area (Å²) in [6.45, 7) is 7.22. The summed E-state index contributed by atoms with van der Waals surface area (Å²) in [7, 11) is 2.57. The minimum Gasteiger partial charge on any atom is -0.400 e. The standard InChI is InChI=1S/C7H14N2O.CH4O/c1-5(2)6(10-4)7(8)9-3;1-2/h5-6,8H,3H2,1-2,4H3;2H,1H3. The molecule has 0 aromatic carbocycles. The SMILES string of the molecule is C=NC(=N)C(OC)C(C)C.CO. The predicted molar refractivity (Wildman–Crippen MR) is 51.1 cm³/mol. The molecule has 4 nitrogen and oxygen atoms in total. The molecular weight excluding hydrogens is 156 g/mol. The quantitative estimate of drug-likeness (QED) is 0.494. The summed E-state index contributed by atoms with van der Waals surface area (Å²) in [4.78, 5) is 3.49. The average Bonchev–Trinajstić information content (AvgIpc) is 2.08. The van der Waals surface area contributed by atoms with Gasteiger partial charge in [0.25, 0.3) is 0 Å². The predicted octanol–water partition coefficient (Wildman–Crippen LogP) is 0.944. The maximum Gasteiger partial charge on any atom is 0.149 e. The van der Waals surface area contributed by atoms with E-state index in [4.69, 9.17) is 15.3 Å². The van der Waals surface area contributed by atoms with Crippen molar-refractivity contribution in [1.29, 1.82) is 5.41 Å². The molecule has 4 heteroatoms. The van der Waals surface area contributed by atoms with Gasteiger partial charge in [-0.3, -0.25) is 5.41 Å². The maximum absolute atomic E-state index is 7.27. The van der Waals surface area contributed by atoms with Gasteiger partial charge in [-0.15, -0.1) is 0 Å². The van der Waals surface area contributed by atoms with Gasteiger partial charge < -0.3 is 9.84 Å². The second-order valence-electron chi connectivity index (χ2n) is 2.44. The van der Waals surface area contributed by atoms with E-state index < -0.39 is 0 Å². The van der Waals surface area contributed by atoms with Gasteiger partial charge in [0.1, 0.15) is 11.9 Å². The molecule has 0 rings (SSSR count).